The van der Waals surface area contributed by atoms with E-state index in [1.54, 1.807) is 13.2 Å². The number of aliphatic hydroxyl groups is 3. The van der Waals surface area contributed by atoms with Crippen LogP contribution in [0.1, 0.15) is 19.8 Å². The van der Waals surface area contributed by atoms with Crippen molar-refractivity contribution < 1.29 is 29.6 Å². The first-order chi connectivity index (χ1) is 14.3. The van der Waals surface area contributed by atoms with E-state index in [1.807, 2.05) is 7.05 Å². The molecule has 0 radical (unpaired) electrons. The zero-order valence-corrected chi connectivity index (χ0v) is 19.1. The lowest BCUT2D eigenvalue weighted by Crippen LogP contribution is -2.65. The number of hydrogen-bond donors (Lipinski definition) is 6. The van der Waals surface area contributed by atoms with Crippen molar-refractivity contribution in [1.29, 1.82) is 0 Å². The molecule has 0 aromatic heterocycles. The van der Waals surface area contributed by atoms with E-state index >= 15 is 0 Å². The van der Waals surface area contributed by atoms with Gasteiger partial charge in [-0.2, -0.15) is 0 Å². The van der Waals surface area contributed by atoms with Crippen LogP contribution in [0.15, 0.2) is 0 Å². The first-order valence-corrected chi connectivity index (χ1v) is 12.2. The van der Waals surface area contributed by atoms with Gasteiger partial charge >= 0.3 is 0 Å². The van der Waals surface area contributed by atoms with E-state index in [-0.39, 0.29) is 17.9 Å². The van der Waals surface area contributed by atoms with Crippen molar-refractivity contribution in [3.05, 3.63) is 0 Å². The van der Waals surface area contributed by atoms with Crippen LogP contribution in [0.3, 0.4) is 0 Å². The Morgan fingerprint density at radius 1 is 1.27 bits per heavy atom. The van der Waals surface area contributed by atoms with Gasteiger partial charge < -0.3 is 40.7 Å². The van der Waals surface area contributed by atoms with Crippen LogP contribution in [0.4, 0.5) is 0 Å². The van der Waals surface area contributed by atoms with Crippen molar-refractivity contribution in [1.82, 2.24) is 16.0 Å². The summed E-state index contributed by atoms with van der Waals surface area (Å²) in [6, 6.07) is -0.930. The maximum absolute atomic E-state index is 13.1. The first kappa shape index (κ1) is 24.5. The van der Waals surface area contributed by atoms with Crippen molar-refractivity contribution >= 4 is 29.3 Å². The largest absolute Gasteiger partial charge is 0.388 e. The number of rotatable bonds is 6. The van der Waals surface area contributed by atoms with Crippen molar-refractivity contribution in [2.45, 2.75) is 79.2 Å². The number of carbonyl (C=O) groups is 1. The summed E-state index contributed by atoms with van der Waals surface area (Å²) in [5.74, 6) is -0.0537. The van der Waals surface area contributed by atoms with Gasteiger partial charge in [0.25, 0.3) is 0 Å². The fourth-order valence-corrected chi connectivity index (χ4v) is 5.53. The number of nitrogens with one attached hydrogen (secondary N) is 3. The van der Waals surface area contributed by atoms with Gasteiger partial charge in [0.05, 0.1) is 17.5 Å². The Hall–Kier alpha value is -0.170. The highest BCUT2D eigenvalue weighted by atomic mass is 35.5. The number of carbonyl (C=O) groups excluding carboxylic acids is 1. The second kappa shape index (κ2) is 10.6. The molecule has 3 unspecified atom stereocenters. The zero-order chi connectivity index (χ0) is 22.0. The predicted octanol–water partition coefficient (Wildman–Crippen LogP) is -1.38. The van der Waals surface area contributed by atoms with Gasteiger partial charge in [-0.3, -0.25) is 4.79 Å². The minimum Gasteiger partial charge on any atom is -0.388 e. The van der Waals surface area contributed by atoms with Crippen LogP contribution in [0.2, 0.25) is 0 Å². The Kier molecular flexibility index (Phi) is 8.67. The van der Waals surface area contributed by atoms with Crippen molar-refractivity contribution in [3.63, 3.8) is 0 Å². The lowest BCUT2D eigenvalue weighted by molar-refractivity contribution is -0.205. The fraction of sp³-hybridized carbons (Fsp3) is 0.947. The molecule has 3 heterocycles. The van der Waals surface area contributed by atoms with Crippen LogP contribution >= 0.6 is 23.4 Å². The van der Waals surface area contributed by atoms with Crippen LogP contribution in [-0.2, 0) is 14.3 Å². The molecule has 30 heavy (non-hydrogen) atoms. The van der Waals surface area contributed by atoms with Crippen LogP contribution in [0, 0.1) is 5.92 Å². The third-order valence-electron chi connectivity index (χ3n) is 6.44. The molecule has 0 aromatic rings. The van der Waals surface area contributed by atoms with E-state index in [9.17, 15) is 20.1 Å². The van der Waals surface area contributed by atoms with E-state index in [4.69, 9.17) is 21.1 Å². The second-order valence-electron chi connectivity index (χ2n) is 8.38. The minimum absolute atomic E-state index is 0.224. The minimum atomic E-state index is -1.39. The lowest BCUT2D eigenvalue weighted by Gasteiger charge is -2.44. The molecule has 11 atom stereocenters. The summed E-state index contributed by atoms with van der Waals surface area (Å²) in [6.45, 7) is 2.96. The van der Waals surface area contributed by atoms with Crippen molar-refractivity contribution in [2.75, 3.05) is 26.5 Å². The summed E-state index contributed by atoms with van der Waals surface area (Å²) in [6.07, 6.45) is -1.65. The number of halogens is 1. The van der Waals surface area contributed by atoms with E-state index in [2.05, 4.69) is 16.0 Å². The number of thioether (sulfide) groups is 1. The predicted molar refractivity (Wildman–Crippen MR) is 115 cm³/mol. The molecule has 3 aliphatic heterocycles. The molecular formula is C19H34ClN3O6S. The Balaban J connectivity index is 1.70. The van der Waals surface area contributed by atoms with Crippen molar-refractivity contribution in [2.24, 2.45) is 5.92 Å². The Morgan fingerprint density at radius 2 is 2.00 bits per heavy atom. The summed E-state index contributed by atoms with van der Waals surface area (Å²) in [7, 11) is 1.94. The molecule has 0 spiro atoms. The standard InChI is InChI=1S/C19H34ClN3O6S/c1-8(20)11(17-14(25)13(24)15(26)19(29-17)30-3)23-18(27)12-16-9(7-22-12)6-10(21-2)4-5-28-16/h8-17,19,21-22,24-26H,4-7H2,1-3H3,(H,23,27)/t8-,9-,10?,11+,12-,13+,14?,15+,16+,17+,19?/m0/s1. The Labute approximate surface area is 186 Å². The van der Waals surface area contributed by atoms with Gasteiger partial charge in [0, 0.05) is 25.1 Å². The number of ether oxygens (including phenoxy) is 2. The molecule has 3 aliphatic rings. The number of alkyl halides is 1. The molecule has 0 aliphatic carbocycles. The summed E-state index contributed by atoms with van der Waals surface area (Å²) >= 11 is 7.57. The van der Waals surface area contributed by atoms with Gasteiger partial charge in [0.15, 0.2) is 0 Å². The number of aliphatic hydroxyl groups excluding tert-OH is 3. The fourth-order valence-electron chi connectivity index (χ4n) is 4.64. The van der Waals surface area contributed by atoms with Gasteiger partial charge in [0.2, 0.25) is 5.91 Å². The van der Waals surface area contributed by atoms with E-state index in [0.29, 0.717) is 19.2 Å². The normalized spacial score (nSPS) is 44.0. The number of amides is 1. The van der Waals surface area contributed by atoms with E-state index in [0.717, 1.165) is 12.8 Å². The molecule has 174 valence electrons. The number of hydrogen-bond acceptors (Lipinski definition) is 9. The molecule has 9 nitrogen and oxygen atoms in total. The average Bonchev–Trinajstić information content (AvgIpc) is 3.00. The molecule has 6 N–H and O–H groups in total. The summed E-state index contributed by atoms with van der Waals surface area (Å²) in [5, 5.41) is 39.7. The molecule has 0 bridgehead atoms. The summed E-state index contributed by atoms with van der Waals surface area (Å²) in [4.78, 5) is 13.1. The number of fused-ring (bicyclic) bond motifs is 1. The SMILES string of the molecule is CNC1CCO[C@@H]2[C@H](CN[C@@H]2C(=O)N[C@H]([C@H](C)Cl)[C@H]2OC(SC)[C@H](O)[C@H](O)C2O)C1. The van der Waals surface area contributed by atoms with Gasteiger partial charge in [-0.15, -0.1) is 23.4 Å². The van der Waals surface area contributed by atoms with Crippen LogP contribution in [0.5, 0.6) is 0 Å². The zero-order valence-electron chi connectivity index (χ0n) is 17.5. The molecule has 1 amide bonds. The van der Waals surface area contributed by atoms with Crippen molar-refractivity contribution in [3.8, 4) is 0 Å². The monoisotopic (exact) mass is 467 g/mol. The van der Waals surface area contributed by atoms with Crippen LogP contribution < -0.4 is 16.0 Å². The van der Waals surface area contributed by atoms with Crippen LogP contribution in [0.25, 0.3) is 0 Å². The quantitative estimate of drug-likeness (QED) is 0.262. The van der Waals surface area contributed by atoms with Gasteiger partial charge in [-0.1, -0.05) is 0 Å². The van der Waals surface area contributed by atoms with Gasteiger partial charge in [-0.05, 0) is 33.1 Å². The third kappa shape index (κ3) is 5.07. The molecular weight excluding hydrogens is 434 g/mol. The van der Waals surface area contributed by atoms with Gasteiger partial charge in [-0.25, -0.2) is 0 Å². The summed E-state index contributed by atoms with van der Waals surface area (Å²) < 4.78 is 11.8. The average molecular weight is 468 g/mol. The maximum Gasteiger partial charge on any atom is 0.240 e. The third-order valence-corrected chi connectivity index (χ3v) is 7.57. The maximum atomic E-state index is 13.1. The molecule has 11 heteroatoms. The Bertz CT molecular complexity index is 588. The second-order valence-corrected chi connectivity index (χ2v) is 10.0. The van der Waals surface area contributed by atoms with Crippen LogP contribution in [-0.4, -0.2) is 107 Å². The first-order valence-electron chi connectivity index (χ1n) is 10.5. The molecule has 3 saturated heterocycles. The van der Waals surface area contributed by atoms with E-state index in [1.165, 1.54) is 11.8 Å². The molecule has 0 aromatic carbocycles. The Morgan fingerprint density at radius 3 is 2.63 bits per heavy atom. The van der Waals surface area contributed by atoms with Gasteiger partial charge in [0.1, 0.15) is 35.9 Å². The molecule has 0 saturated carbocycles. The molecule has 3 rings (SSSR count). The summed E-state index contributed by atoms with van der Waals surface area (Å²) in [5.41, 5.74) is -0.735. The molecule has 3 fully saturated rings. The smallest absolute Gasteiger partial charge is 0.240 e. The highest BCUT2D eigenvalue weighted by Gasteiger charge is 2.49. The highest BCUT2D eigenvalue weighted by Crippen LogP contribution is 2.31. The topological polar surface area (TPSA) is 132 Å². The lowest BCUT2D eigenvalue weighted by atomic mass is 9.92. The highest BCUT2D eigenvalue weighted by molar-refractivity contribution is 7.99. The van der Waals surface area contributed by atoms with E-state index < -0.39 is 47.3 Å².